The molecular weight excluding hydrogens is 186 g/mol. The SMILES string of the molecule is CC.CC(C)c1ncc(Cl)c(N)n1. The Hall–Kier alpha value is -0.830. The number of anilines is 1. The Bertz CT molecular complexity index is 261. The molecule has 0 fully saturated rings. The van der Waals surface area contributed by atoms with E-state index >= 15 is 0 Å². The van der Waals surface area contributed by atoms with Crippen LogP contribution in [0.5, 0.6) is 0 Å². The Morgan fingerprint density at radius 2 is 1.92 bits per heavy atom. The first-order valence-electron chi connectivity index (χ1n) is 4.39. The van der Waals surface area contributed by atoms with Gasteiger partial charge >= 0.3 is 0 Å². The van der Waals surface area contributed by atoms with Gasteiger partial charge in [-0.3, -0.25) is 0 Å². The van der Waals surface area contributed by atoms with Crippen LogP contribution in [0.1, 0.15) is 39.4 Å². The van der Waals surface area contributed by atoms with Crippen LogP contribution in [-0.2, 0) is 0 Å². The molecule has 3 nitrogen and oxygen atoms in total. The van der Waals surface area contributed by atoms with E-state index in [-0.39, 0.29) is 5.92 Å². The number of aromatic nitrogens is 2. The fraction of sp³-hybridized carbons (Fsp3) is 0.556. The Morgan fingerprint density at radius 1 is 1.38 bits per heavy atom. The summed E-state index contributed by atoms with van der Waals surface area (Å²) >= 11 is 5.64. The number of nitrogen functional groups attached to an aromatic ring is 1. The summed E-state index contributed by atoms with van der Waals surface area (Å²) in [6.07, 6.45) is 1.53. The molecule has 0 atom stereocenters. The maximum absolute atomic E-state index is 5.64. The smallest absolute Gasteiger partial charge is 0.145 e. The second kappa shape index (κ2) is 5.75. The van der Waals surface area contributed by atoms with Gasteiger partial charge in [0.2, 0.25) is 0 Å². The third-order valence-corrected chi connectivity index (χ3v) is 1.60. The summed E-state index contributed by atoms with van der Waals surface area (Å²) in [5.41, 5.74) is 5.48. The van der Waals surface area contributed by atoms with E-state index in [2.05, 4.69) is 9.97 Å². The standard InChI is InChI=1S/C7H10ClN3.C2H6/c1-4(2)7-10-3-5(8)6(9)11-7;1-2/h3-4H,1-2H3,(H2,9,10,11);1-2H3. The maximum atomic E-state index is 5.64. The lowest BCUT2D eigenvalue weighted by atomic mass is 10.2. The van der Waals surface area contributed by atoms with Crippen LogP contribution >= 0.6 is 11.6 Å². The highest BCUT2D eigenvalue weighted by molar-refractivity contribution is 6.32. The average molecular weight is 202 g/mol. The summed E-state index contributed by atoms with van der Waals surface area (Å²) in [4.78, 5) is 8.02. The molecule has 0 saturated carbocycles. The highest BCUT2D eigenvalue weighted by atomic mass is 35.5. The van der Waals surface area contributed by atoms with E-state index in [9.17, 15) is 0 Å². The van der Waals surface area contributed by atoms with Crippen LogP contribution in [-0.4, -0.2) is 9.97 Å². The second-order valence-electron chi connectivity index (χ2n) is 2.62. The zero-order valence-corrected chi connectivity index (χ0v) is 9.26. The van der Waals surface area contributed by atoms with E-state index in [4.69, 9.17) is 17.3 Å². The summed E-state index contributed by atoms with van der Waals surface area (Å²) in [5, 5.41) is 0.411. The molecule has 0 saturated heterocycles. The highest BCUT2D eigenvalue weighted by Gasteiger charge is 2.04. The summed E-state index contributed by atoms with van der Waals surface area (Å²) in [7, 11) is 0. The van der Waals surface area contributed by atoms with Crippen molar-refractivity contribution >= 4 is 17.4 Å². The molecule has 4 heteroatoms. The summed E-state index contributed by atoms with van der Waals surface area (Å²) in [6.45, 7) is 8.01. The molecule has 1 aromatic heterocycles. The van der Waals surface area contributed by atoms with Crippen molar-refractivity contribution < 1.29 is 0 Å². The topological polar surface area (TPSA) is 51.8 Å². The molecule has 1 aromatic rings. The summed E-state index contributed by atoms with van der Waals surface area (Å²) in [5.74, 6) is 1.37. The second-order valence-corrected chi connectivity index (χ2v) is 3.02. The normalized spacial score (nSPS) is 9.38. The molecule has 0 unspecified atom stereocenters. The molecule has 1 rings (SSSR count). The summed E-state index contributed by atoms with van der Waals surface area (Å²) < 4.78 is 0. The van der Waals surface area contributed by atoms with E-state index in [0.717, 1.165) is 5.82 Å². The van der Waals surface area contributed by atoms with Gasteiger partial charge in [0.05, 0.1) is 6.20 Å². The molecule has 2 N–H and O–H groups in total. The Balaban J connectivity index is 0.000000671. The molecule has 0 spiro atoms. The van der Waals surface area contributed by atoms with Gasteiger partial charge in [0.15, 0.2) is 0 Å². The van der Waals surface area contributed by atoms with Crippen molar-refractivity contribution in [2.45, 2.75) is 33.6 Å². The van der Waals surface area contributed by atoms with Crippen molar-refractivity contribution in [1.29, 1.82) is 0 Å². The van der Waals surface area contributed by atoms with Gasteiger partial charge in [-0.05, 0) is 0 Å². The van der Waals surface area contributed by atoms with Gasteiger partial charge in [0, 0.05) is 5.92 Å². The number of hydrogen-bond acceptors (Lipinski definition) is 3. The monoisotopic (exact) mass is 201 g/mol. The predicted molar refractivity (Wildman–Crippen MR) is 56.9 cm³/mol. The van der Waals surface area contributed by atoms with Crippen molar-refractivity contribution in [3.8, 4) is 0 Å². The van der Waals surface area contributed by atoms with Gasteiger partial charge in [-0.2, -0.15) is 0 Å². The maximum Gasteiger partial charge on any atom is 0.145 e. The third kappa shape index (κ3) is 3.59. The van der Waals surface area contributed by atoms with Gasteiger partial charge < -0.3 is 5.73 Å². The largest absolute Gasteiger partial charge is 0.382 e. The molecule has 0 aliphatic rings. The minimum Gasteiger partial charge on any atom is -0.382 e. The quantitative estimate of drug-likeness (QED) is 0.760. The first-order valence-corrected chi connectivity index (χ1v) is 4.77. The van der Waals surface area contributed by atoms with Gasteiger partial charge in [0.1, 0.15) is 16.7 Å². The molecule has 0 bridgehead atoms. The van der Waals surface area contributed by atoms with Crippen LogP contribution in [0, 0.1) is 0 Å². The lowest BCUT2D eigenvalue weighted by Gasteiger charge is -2.03. The third-order valence-electron chi connectivity index (χ3n) is 1.31. The molecule has 74 valence electrons. The molecule has 0 amide bonds. The van der Waals surface area contributed by atoms with Crippen LogP contribution in [0.15, 0.2) is 6.20 Å². The van der Waals surface area contributed by atoms with Gasteiger partial charge in [0.25, 0.3) is 0 Å². The van der Waals surface area contributed by atoms with Crippen molar-refractivity contribution in [3.63, 3.8) is 0 Å². The summed E-state index contributed by atoms with van der Waals surface area (Å²) in [6, 6.07) is 0. The van der Waals surface area contributed by atoms with Crippen LogP contribution in [0.25, 0.3) is 0 Å². The van der Waals surface area contributed by atoms with Crippen molar-refractivity contribution in [2.75, 3.05) is 5.73 Å². The lowest BCUT2D eigenvalue weighted by Crippen LogP contribution is -2.01. The number of hydrogen-bond donors (Lipinski definition) is 1. The van der Waals surface area contributed by atoms with Gasteiger partial charge in [-0.25, -0.2) is 9.97 Å². The molecule has 0 aliphatic carbocycles. The van der Waals surface area contributed by atoms with Crippen molar-refractivity contribution in [1.82, 2.24) is 9.97 Å². The molecule has 1 heterocycles. The Morgan fingerprint density at radius 3 is 2.31 bits per heavy atom. The van der Waals surface area contributed by atoms with Crippen LogP contribution in [0.2, 0.25) is 5.02 Å². The fourth-order valence-electron chi connectivity index (χ4n) is 0.673. The number of nitrogens with zero attached hydrogens (tertiary/aromatic N) is 2. The first-order chi connectivity index (χ1) is 6.11. The van der Waals surface area contributed by atoms with E-state index < -0.39 is 0 Å². The van der Waals surface area contributed by atoms with E-state index in [1.165, 1.54) is 6.20 Å². The fourth-order valence-corrected chi connectivity index (χ4v) is 0.764. The minimum atomic E-state index is 0.287. The number of halogens is 1. The zero-order valence-electron chi connectivity index (χ0n) is 8.50. The molecule has 13 heavy (non-hydrogen) atoms. The van der Waals surface area contributed by atoms with Gasteiger partial charge in [-0.1, -0.05) is 39.3 Å². The van der Waals surface area contributed by atoms with Gasteiger partial charge in [-0.15, -0.1) is 0 Å². The minimum absolute atomic E-state index is 0.287. The van der Waals surface area contributed by atoms with Crippen LogP contribution < -0.4 is 5.73 Å². The highest BCUT2D eigenvalue weighted by Crippen LogP contribution is 2.16. The van der Waals surface area contributed by atoms with E-state index in [1.54, 1.807) is 0 Å². The molecule has 0 radical (unpaired) electrons. The average Bonchev–Trinajstić information content (AvgIpc) is 2.13. The predicted octanol–water partition coefficient (Wildman–Crippen LogP) is 2.86. The molecule has 0 aromatic carbocycles. The van der Waals surface area contributed by atoms with Crippen molar-refractivity contribution in [2.24, 2.45) is 0 Å². The van der Waals surface area contributed by atoms with Crippen molar-refractivity contribution in [3.05, 3.63) is 17.0 Å². The van der Waals surface area contributed by atoms with Crippen LogP contribution in [0.3, 0.4) is 0 Å². The zero-order chi connectivity index (χ0) is 10.4. The Kier molecular flexibility index (Phi) is 5.39. The lowest BCUT2D eigenvalue weighted by molar-refractivity contribution is 0.777. The van der Waals surface area contributed by atoms with E-state index in [0.29, 0.717) is 10.8 Å². The number of rotatable bonds is 1. The first kappa shape index (κ1) is 12.2. The molecular formula is C9H16ClN3. The Labute approximate surface area is 84.3 Å². The van der Waals surface area contributed by atoms with E-state index in [1.807, 2.05) is 27.7 Å². The van der Waals surface area contributed by atoms with Crippen LogP contribution in [0.4, 0.5) is 5.82 Å². The molecule has 0 aliphatic heterocycles. The number of nitrogens with two attached hydrogens (primary N) is 1.